The van der Waals surface area contributed by atoms with Crippen molar-refractivity contribution in [1.29, 1.82) is 0 Å². The summed E-state index contributed by atoms with van der Waals surface area (Å²) in [6.45, 7) is 0.705. The monoisotopic (exact) mass is 248 g/mol. The number of hydrogen-bond donors (Lipinski definition) is 2. The lowest BCUT2D eigenvalue weighted by Crippen LogP contribution is -1.98. The van der Waals surface area contributed by atoms with Gasteiger partial charge in [-0.2, -0.15) is 0 Å². The van der Waals surface area contributed by atoms with E-state index < -0.39 is 11.9 Å². The average molecular weight is 248 g/mol. The third-order valence-electron chi connectivity index (χ3n) is 1.92. The van der Waals surface area contributed by atoms with E-state index in [9.17, 15) is 9.59 Å². The zero-order valence-electron chi connectivity index (χ0n) is 9.45. The van der Waals surface area contributed by atoms with Crippen LogP contribution in [0.1, 0.15) is 5.56 Å². The van der Waals surface area contributed by atoms with Crippen LogP contribution in [0.5, 0.6) is 5.75 Å². The van der Waals surface area contributed by atoms with E-state index in [-0.39, 0.29) is 0 Å². The zero-order valence-corrected chi connectivity index (χ0v) is 9.45. The number of rotatable bonds is 2. The lowest BCUT2D eigenvalue weighted by Gasteiger charge is -2.10. The predicted octanol–water partition coefficient (Wildman–Crippen LogP) is 1.80. The van der Waals surface area contributed by atoms with E-state index in [1.165, 1.54) is 5.56 Å². The fourth-order valence-electron chi connectivity index (χ4n) is 1.21. The van der Waals surface area contributed by atoms with Crippen molar-refractivity contribution in [3.8, 4) is 5.75 Å². The van der Waals surface area contributed by atoms with Crippen LogP contribution >= 0.6 is 0 Å². The number of fused-ring (bicyclic) bond motifs is 1. The molecule has 0 bridgehead atoms. The van der Waals surface area contributed by atoms with Crippen molar-refractivity contribution < 1.29 is 24.5 Å². The van der Waals surface area contributed by atoms with E-state index in [1.54, 1.807) is 0 Å². The molecule has 94 valence electrons. The molecule has 0 amide bonds. The molecule has 18 heavy (non-hydrogen) atoms. The van der Waals surface area contributed by atoms with E-state index in [1.807, 2.05) is 30.3 Å². The number of carboxylic acids is 2. The minimum absolute atomic E-state index is 0.558. The summed E-state index contributed by atoms with van der Waals surface area (Å²) in [4.78, 5) is 19.1. The van der Waals surface area contributed by atoms with Gasteiger partial charge in [-0.3, -0.25) is 0 Å². The molecular weight excluding hydrogens is 236 g/mol. The van der Waals surface area contributed by atoms with Gasteiger partial charge >= 0.3 is 11.9 Å². The summed E-state index contributed by atoms with van der Waals surface area (Å²) < 4.78 is 5.34. The summed E-state index contributed by atoms with van der Waals surface area (Å²) in [5.74, 6) is -1.52. The molecule has 5 heteroatoms. The quantitative estimate of drug-likeness (QED) is 0.780. The number of ether oxygens (including phenoxy) is 1. The van der Waals surface area contributed by atoms with E-state index >= 15 is 0 Å². The number of para-hydroxylation sites is 1. The molecule has 0 spiro atoms. The Morgan fingerprint density at radius 1 is 1.11 bits per heavy atom. The van der Waals surface area contributed by atoms with E-state index in [4.69, 9.17) is 14.9 Å². The van der Waals surface area contributed by atoms with Crippen LogP contribution in [0.3, 0.4) is 0 Å². The summed E-state index contributed by atoms with van der Waals surface area (Å²) in [5, 5.41) is 15.6. The van der Waals surface area contributed by atoms with Gasteiger partial charge in [0, 0.05) is 17.7 Å². The van der Waals surface area contributed by atoms with Gasteiger partial charge in [0.15, 0.2) is 0 Å². The molecule has 5 nitrogen and oxygen atoms in total. The second kappa shape index (κ2) is 6.90. The third kappa shape index (κ3) is 4.98. The molecule has 2 N–H and O–H groups in total. The first-order valence-corrected chi connectivity index (χ1v) is 5.12. The van der Waals surface area contributed by atoms with Gasteiger partial charge < -0.3 is 14.9 Å². The van der Waals surface area contributed by atoms with Gasteiger partial charge in [-0.05, 0) is 12.1 Å². The molecule has 1 heterocycles. The van der Waals surface area contributed by atoms with Crippen molar-refractivity contribution in [2.24, 2.45) is 0 Å². The molecule has 0 aromatic heterocycles. The summed E-state index contributed by atoms with van der Waals surface area (Å²) >= 11 is 0. The van der Waals surface area contributed by atoms with Crippen LogP contribution in [-0.4, -0.2) is 28.8 Å². The molecule has 0 aliphatic carbocycles. The molecule has 1 aromatic rings. The van der Waals surface area contributed by atoms with Gasteiger partial charge in [-0.1, -0.05) is 24.3 Å². The van der Waals surface area contributed by atoms with Crippen LogP contribution in [0.4, 0.5) is 0 Å². The minimum atomic E-state index is -1.26. The van der Waals surface area contributed by atoms with Crippen LogP contribution in [0.25, 0.3) is 6.08 Å². The van der Waals surface area contributed by atoms with Gasteiger partial charge in [0.1, 0.15) is 12.4 Å². The Hall–Kier alpha value is -2.56. The zero-order chi connectivity index (χ0) is 13.4. The van der Waals surface area contributed by atoms with Gasteiger partial charge in [-0.25, -0.2) is 9.59 Å². The molecule has 0 saturated heterocycles. The van der Waals surface area contributed by atoms with Crippen LogP contribution in [0.15, 0.2) is 42.5 Å². The van der Waals surface area contributed by atoms with Gasteiger partial charge in [0.05, 0.1) is 0 Å². The number of carboxylic acid groups (broad SMARTS) is 2. The molecule has 1 aromatic carbocycles. The standard InChI is InChI=1S/C9H8O.C4H4O4/c1-2-6-9-8(4-1)5-3-7-10-9;5-3(6)1-2-4(7)8/h1-6H,7H2;1-2H,(H,5,6)(H,7,8)/b;2-1+. The fraction of sp³-hybridized carbons (Fsp3) is 0.0769. The fourth-order valence-corrected chi connectivity index (χ4v) is 1.21. The Balaban J connectivity index is 0.000000187. The van der Waals surface area contributed by atoms with Crippen molar-refractivity contribution in [1.82, 2.24) is 0 Å². The summed E-state index contributed by atoms with van der Waals surface area (Å²) in [7, 11) is 0. The van der Waals surface area contributed by atoms with Crippen molar-refractivity contribution in [2.45, 2.75) is 0 Å². The highest BCUT2D eigenvalue weighted by molar-refractivity contribution is 5.89. The molecule has 0 unspecified atom stereocenters. The highest BCUT2D eigenvalue weighted by Gasteiger charge is 2.01. The van der Waals surface area contributed by atoms with Crippen molar-refractivity contribution in [3.63, 3.8) is 0 Å². The first kappa shape index (κ1) is 13.5. The summed E-state index contributed by atoms with van der Waals surface area (Å²) in [6, 6.07) is 8.03. The van der Waals surface area contributed by atoms with Crippen LogP contribution in [-0.2, 0) is 9.59 Å². The topological polar surface area (TPSA) is 83.8 Å². The molecule has 0 fully saturated rings. The van der Waals surface area contributed by atoms with Crippen molar-refractivity contribution in [3.05, 3.63) is 48.1 Å². The second-order valence-electron chi connectivity index (χ2n) is 3.26. The number of aliphatic carboxylic acids is 2. The van der Waals surface area contributed by atoms with Crippen molar-refractivity contribution in [2.75, 3.05) is 6.61 Å². The maximum Gasteiger partial charge on any atom is 0.328 e. The maximum atomic E-state index is 9.55. The van der Waals surface area contributed by atoms with Crippen LogP contribution < -0.4 is 4.74 Å². The van der Waals surface area contributed by atoms with Gasteiger partial charge in [0.25, 0.3) is 0 Å². The largest absolute Gasteiger partial charge is 0.489 e. The Bertz CT molecular complexity index is 472. The number of hydrogen-bond acceptors (Lipinski definition) is 3. The Morgan fingerprint density at radius 3 is 2.28 bits per heavy atom. The smallest absolute Gasteiger partial charge is 0.328 e. The molecule has 1 aliphatic heterocycles. The molecule has 0 saturated carbocycles. The third-order valence-corrected chi connectivity index (χ3v) is 1.92. The summed E-state index contributed by atoms with van der Waals surface area (Å²) in [5.41, 5.74) is 1.17. The van der Waals surface area contributed by atoms with Gasteiger partial charge in [0.2, 0.25) is 0 Å². The van der Waals surface area contributed by atoms with E-state index in [2.05, 4.69) is 6.08 Å². The SMILES string of the molecule is C1=Cc2ccccc2OC1.O=C(O)/C=C/C(=O)O. The average Bonchev–Trinajstić information content (AvgIpc) is 2.37. The lowest BCUT2D eigenvalue weighted by atomic mass is 10.1. The molecule has 0 atom stereocenters. The number of benzene rings is 1. The Labute approximate surface area is 104 Å². The first-order valence-electron chi connectivity index (χ1n) is 5.12. The number of carbonyl (C=O) groups is 2. The normalized spacial score (nSPS) is 12.0. The summed E-state index contributed by atoms with van der Waals surface area (Å²) in [6.07, 6.45) is 5.21. The second-order valence-corrected chi connectivity index (χ2v) is 3.26. The molecular formula is C13H12O5. The van der Waals surface area contributed by atoms with Crippen LogP contribution in [0, 0.1) is 0 Å². The molecule has 0 radical (unpaired) electrons. The highest BCUT2D eigenvalue weighted by atomic mass is 16.5. The van der Waals surface area contributed by atoms with E-state index in [0.29, 0.717) is 18.8 Å². The van der Waals surface area contributed by atoms with Crippen molar-refractivity contribution >= 4 is 18.0 Å². The Kier molecular flexibility index (Phi) is 5.18. The van der Waals surface area contributed by atoms with Crippen LogP contribution in [0.2, 0.25) is 0 Å². The van der Waals surface area contributed by atoms with Gasteiger partial charge in [-0.15, -0.1) is 0 Å². The first-order chi connectivity index (χ1) is 8.59. The predicted molar refractivity (Wildman–Crippen MR) is 65.4 cm³/mol. The molecule has 2 rings (SSSR count). The Morgan fingerprint density at radius 2 is 1.72 bits per heavy atom. The molecule has 1 aliphatic rings. The maximum absolute atomic E-state index is 9.55. The lowest BCUT2D eigenvalue weighted by molar-refractivity contribution is -0.134. The minimum Gasteiger partial charge on any atom is -0.489 e. The highest BCUT2D eigenvalue weighted by Crippen LogP contribution is 2.21. The van der Waals surface area contributed by atoms with E-state index in [0.717, 1.165) is 5.75 Å².